The van der Waals surface area contributed by atoms with Gasteiger partial charge in [0.15, 0.2) is 11.5 Å². The maximum absolute atomic E-state index is 10.8. The second-order valence-electron chi connectivity index (χ2n) is 4.11. The standard InChI is InChI=1S/C15H14ClNO4/c1-19-13-7-10(8-18)6-12(16)14(13)21-9-11-4-3-5-17-15(11)20-2/h3-8H,9H2,1-2H3. The molecule has 0 radical (unpaired) electrons. The summed E-state index contributed by atoms with van der Waals surface area (Å²) in [4.78, 5) is 14.9. The summed E-state index contributed by atoms with van der Waals surface area (Å²) in [7, 11) is 3.02. The number of carbonyl (C=O) groups is 1. The lowest BCUT2D eigenvalue weighted by molar-refractivity contribution is 0.112. The molecule has 0 unspecified atom stereocenters. The molecule has 0 bridgehead atoms. The van der Waals surface area contributed by atoms with Gasteiger partial charge in [-0.1, -0.05) is 11.6 Å². The van der Waals surface area contributed by atoms with Gasteiger partial charge in [-0.25, -0.2) is 4.98 Å². The van der Waals surface area contributed by atoms with Crippen LogP contribution in [0.5, 0.6) is 17.4 Å². The number of aromatic nitrogens is 1. The van der Waals surface area contributed by atoms with E-state index in [0.717, 1.165) is 5.56 Å². The van der Waals surface area contributed by atoms with E-state index in [4.69, 9.17) is 25.8 Å². The molecule has 0 atom stereocenters. The summed E-state index contributed by atoms with van der Waals surface area (Å²) in [6, 6.07) is 6.71. The fourth-order valence-corrected chi connectivity index (χ4v) is 2.09. The van der Waals surface area contributed by atoms with Crippen molar-refractivity contribution >= 4 is 17.9 Å². The molecular weight excluding hydrogens is 294 g/mol. The Morgan fingerprint density at radius 1 is 1.29 bits per heavy atom. The molecule has 0 spiro atoms. The third-order valence-corrected chi connectivity index (χ3v) is 3.08. The highest BCUT2D eigenvalue weighted by molar-refractivity contribution is 6.32. The van der Waals surface area contributed by atoms with Crippen molar-refractivity contribution in [3.8, 4) is 17.4 Å². The Morgan fingerprint density at radius 3 is 2.76 bits per heavy atom. The van der Waals surface area contributed by atoms with Crippen molar-refractivity contribution in [2.75, 3.05) is 14.2 Å². The summed E-state index contributed by atoms with van der Waals surface area (Å²) in [5, 5.41) is 0.305. The van der Waals surface area contributed by atoms with E-state index in [-0.39, 0.29) is 6.61 Å². The summed E-state index contributed by atoms with van der Waals surface area (Å²) in [5.74, 6) is 1.25. The number of hydrogen-bond donors (Lipinski definition) is 0. The molecule has 110 valence electrons. The van der Waals surface area contributed by atoms with Gasteiger partial charge in [-0.05, 0) is 24.3 Å². The zero-order valence-corrected chi connectivity index (χ0v) is 12.4. The van der Waals surface area contributed by atoms with E-state index in [1.54, 1.807) is 18.3 Å². The molecule has 0 saturated heterocycles. The van der Waals surface area contributed by atoms with Gasteiger partial charge in [0, 0.05) is 11.8 Å². The van der Waals surface area contributed by atoms with Gasteiger partial charge in [0.25, 0.3) is 0 Å². The van der Waals surface area contributed by atoms with Gasteiger partial charge in [0.2, 0.25) is 5.88 Å². The second-order valence-corrected chi connectivity index (χ2v) is 4.52. The van der Waals surface area contributed by atoms with E-state index in [1.165, 1.54) is 20.3 Å². The fourth-order valence-electron chi connectivity index (χ4n) is 1.82. The quantitative estimate of drug-likeness (QED) is 0.767. The molecule has 5 nitrogen and oxygen atoms in total. The Hall–Kier alpha value is -2.27. The molecule has 0 saturated carbocycles. The van der Waals surface area contributed by atoms with Gasteiger partial charge in [-0.2, -0.15) is 0 Å². The molecule has 0 N–H and O–H groups in total. The first-order valence-electron chi connectivity index (χ1n) is 6.13. The van der Waals surface area contributed by atoms with E-state index in [1.807, 2.05) is 6.07 Å². The normalized spacial score (nSPS) is 10.0. The highest BCUT2D eigenvalue weighted by Gasteiger charge is 2.13. The minimum Gasteiger partial charge on any atom is -0.493 e. The first-order chi connectivity index (χ1) is 10.2. The number of rotatable bonds is 6. The summed E-state index contributed by atoms with van der Waals surface area (Å²) < 4.78 is 16.0. The molecule has 0 fully saturated rings. The lowest BCUT2D eigenvalue weighted by atomic mass is 10.2. The van der Waals surface area contributed by atoms with Crippen LogP contribution in [0.2, 0.25) is 5.02 Å². The van der Waals surface area contributed by atoms with Crippen LogP contribution in [0.15, 0.2) is 30.5 Å². The van der Waals surface area contributed by atoms with Crippen LogP contribution in [0, 0.1) is 0 Å². The first kappa shape index (κ1) is 15.1. The topological polar surface area (TPSA) is 57.7 Å². The Kier molecular flexibility index (Phi) is 5.00. The Bertz CT molecular complexity index is 646. The van der Waals surface area contributed by atoms with Crippen LogP contribution in [0.25, 0.3) is 0 Å². The molecule has 2 rings (SSSR count). The molecular formula is C15H14ClNO4. The zero-order chi connectivity index (χ0) is 15.2. The van der Waals surface area contributed by atoms with Crippen molar-refractivity contribution in [2.45, 2.75) is 6.61 Å². The van der Waals surface area contributed by atoms with Gasteiger partial charge in [-0.15, -0.1) is 0 Å². The Labute approximate surface area is 127 Å². The van der Waals surface area contributed by atoms with Crippen LogP contribution in [0.3, 0.4) is 0 Å². The predicted molar refractivity (Wildman–Crippen MR) is 78.5 cm³/mol. The molecule has 2 aromatic rings. The van der Waals surface area contributed by atoms with E-state index in [0.29, 0.717) is 34.3 Å². The maximum atomic E-state index is 10.8. The van der Waals surface area contributed by atoms with Gasteiger partial charge in [0.1, 0.15) is 12.9 Å². The summed E-state index contributed by atoms with van der Waals surface area (Å²) in [6.07, 6.45) is 2.33. The van der Waals surface area contributed by atoms with Crippen molar-refractivity contribution in [3.63, 3.8) is 0 Å². The van der Waals surface area contributed by atoms with Crippen molar-refractivity contribution in [1.82, 2.24) is 4.98 Å². The van der Waals surface area contributed by atoms with Crippen LogP contribution in [-0.2, 0) is 6.61 Å². The number of ether oxygens (including phenoxy) is 3. The molecule has 21 heavy (non-hydrogen) atoms. The predicted octanol–water partition coefficient (Wildman–Crippen LogP) is 3.14. The number of halogens is 1. The number of hydrogen-bond acceptors (Lipinski definition) is 5. The smallest absolute Gasteiger partial charge is 0.219 e. The third kappa shape index (κ3) is 3.44. The third-order valence-electron chi connectivity index (χ3n) is 2.80. The maximum Gasteiger partial charge on any atom is 0.219 e. The molecule has 1 aromatic heterocycles. The van der Waals surface area contributed by atoms with Crippen LogP contribution in [0.4, 0.5) is 0 Å². The summed E-state index contributed by atoms with van der Waals surface area (Å²) in [5.41, 5.74) is 1.20. The van der Waals surface area contributed by atoms with Crippen LogP contribution >= 0.6 is 11.6 Å². The van der Waals surface area contributed by atoms with E-state index in [9.17, 15) is 4.79 Å². The van der Waals surface area contributed by atoms with E-state index >= 15 is 0 Å². The molecule has 6 heteroatoms. The van der Waals surface area contributed by atoms with Crippen LogP contribution in [0.1, 0.15) is 15.9 Å². The monoisotopic (exact) mass is 307 g/mol. The fraction of sp³-hybridized carbons (Fsp3) is 0.200. The Balaban J connectivity index is 2.25. The van der Waals surface area contributed by atoms with Crippen molar-refractivity contribution in [1.29, 1.82) is 0 Å². The average molecular weight is 308 g/mol. The highest BCUT2D eigenvalue weighted by Crippen LogP contribution is 2.36. The molecule has 0 amide bonds. The van der Waals surface area contributed by atoms with Crippen LogP contribution < -0.4 is 14.2 Å². The lowest BCUT2D eigenvalue weighted by Crippen LogP contribution is -2.02. The van der Waals surface area contributed by atoms with Crippen molar-refractivity contribution < 1.29 is 19.0 Å². The number of methoxy groups -OCH3 is 2. The highest BCUT2D eigenvalue weighted by atomic mass is 35.5. The minimum absolute atomic E-state index is 0.216. The molecule has 1 heterocycles. The van der Waals surface area contributed by atoms with Crippen molar-refractivity contribution in [3.05, 3.63) is 46.6 Å². The van der Waals surface area contributed by atoms with E-state index in [2.05, 4.69) is 4.98 Å². The average Bonchev–Trinajstić information content (AvgIpc) is 2.53. The Morgan fingerprint density at radius 2 is 2.10 bits per heavy atom. The minimum atomic E-state index is 0.216. The summed E-state index contributed by atoms with van der Waals surface area (Å²) >= 11 is 6.12. The lowest BCUT2D eigenvalue weighted by Gasteiger charge is -2.14. The van der Waals surface area contributed by atoms with Crippen molar-refractivity contribution in [2.24, 2.45) is 0 Å². The number of carbonyl (C=O) groups excluding carboxylic acids is 1. The number of benzene rings is 1. The summed E-state index contributed by atoms with van der Waals surface area (Å²) in [6.45, 7) is 0.216. The molecule has 1 aromatic carbocycles. The molecule has 0 aliphatic heterocycles. The van der Waals surface area contributed by atoms with Gasteiger partial charge in [-0.3, -0.25) is 4.79 Å². The molecule has 0 aliphatic carbocycles. The van der Waals surface area contributed by atoms with Gasteiger partial charge >= 0.3 is 0 Å². The number of pyridine rings is 1. The zero-order valence-electron chi connectivity index (χ0n) is 11.6. The van der Waals surface area contributed by atoms with Gasteiger partial charge < -0.3 is 14.2 Å². The second kappa shape index (κ2) is 6.95. The van der Waals surface area contributed by atoms with E-state index < -0.39 is 0 Å². The molecule has 0 aliphatic rings. The largest absolute Gasteiger partial charge is 0.493 e. The number of aldehydes is 1. The van der Waals surface area contributed by atoms with Crippen LogP contribution in [-0.4, -0.2) is 25.5 Å². The SMILES string of the molecule is COc1cc(C=O)cc(Cl)c1OCc1cccnc1OC. The van der Waals surface area contributed by atoms with Gasteiger partial charge in [0.05, 0.1) is 24.8 Å². The number of nitrogens with zero attached hydrogens (tertiary/aromatic N) is 1. The first-order valence-corrected chi connectivity index (χ1v) is 6.50.